The molecule has 0 spiro atoms. The topological polar surface area (TPSA) is 135 Å². The van der Waals surface area contributed by atoms with Crippen molar-refractivity contribution in [2.45, 2.75) is 9.79 Å². The summed E-state index contributed by atoms with van der Waals surface area (Å²) in [6.45, 7) is 0. The lowest BCUT2D eigenvalue weighted by molar-refractivity contribution is 0.481. The maximum absolute atomic E-state index is 11.9. The van der Waals surface area contributed by atoms with E-state index >= 15 is 0 Å². The average molecular weight is 493 g/mol. The van der Waals surface area contributed by atoms with Gasteiger partial charge in [0.25, 0.3) is 20.2 Å². The van der Waals surface area contributed by atoms with Crippen LogP contribution in [0.15, 0.2) is 95.0 Å². The molecule has 2 heterocycles. The molecule has 3 aromatic carbocycles. The van der Waals surface area contributed by atoms with Crippen LogP contribution in [0.3, 0.4) is 0 Å². The molecule has 0 aliphatic carbocycles. The van der Waals surface area contributed by atoms with Gasteiger partial charge in [-0.1, -0.05) is 48.5 Å². The Morgan fingerprint density at radius 3 is 1.26 bits per heavy atom. The second-order valence-corrected chi connectivity index (χ2v) is 10.3. The zero-order chi connectivity index (χ0) is 24.1. The van der Waals surface area contributed by atoms with Gasteiger partial charge >= 0.3 is 0 Å². The van der Waals surface area contributed by atoms with Gasteiger partial charge in [-0.2, -0.15) is 16.8 Å². The molecule has 0 amide bonds. The van der Waals surface area contributed by atoms with Gasteiger partial charge in [-0.05, 0) is 35.4 Å². The SMILES string of the molecule is O=S(=O)(O)c1ccccc1-c1ccnc2c1ccc1c(-c3ccccc3S(=O)(=O)O)ccnc12. The Bertz CT molecular complexity index is 1680. The summed E-state index contributed by atoms with van der Waals surface area (Å²) < 4.78 is 67.2. The van der Waals surface area contributed by atoms with E-state index in [0.717, 1.165) is 0 Å². The number of fused-ring (bicyclic) bond motifs is 3. The van der Waals surface area contributed by atoms with Crippen molar-refractivity contribution in [3.05, 3.63) is 85.2 Å². The van der Waals surface area contributed by atoms with E-state index in [-0.39, 0.29) is 9.79 Å². The quantitative estimate of drug-likeness (QED) is 0.274. The summed E-state index contributed by atoms with van der Waals surface area (Å²) in [6, 6.07) is 19.0. The average Bonchev–Trinajstić information content (AvgIpc) is 2.82. The summed E-state index contributed by atoms with van der Waals surface area (Å²) in [5, 5.41) is 1.19. The molecule has 5 aromatic rings. The highest BCUT2D eigenvalue weighted by atomic mass is 32.2. The van der Waals surface area contributed by atoms with Gasteiger partial charge in [-0.25, -0.2) is 0 Å². The van der Waals surface area contributed by atoms with Crippen molar-refractivity contribution >= 4 is 42.0 Å². The van der Waals surface area contributed by atoms with Gasteiger partial charge < -0.3 is 0 Å². The highest BCUT2D eigenvalue weighted by Crippen LogP contribution is 2.38. The van der Waals surface area contributed by atoms with E-state index in [2.05, 4.69) is 9.97 Å². The number of pyridine rings is 2. The summed E-state index contributed by atoms with van der Waals surface area (Å²) >= 11 is 0. The summed E-state index contributed by atoms with van der Waals surface area (Å²) in [6.07, 6.45) is 3.02. The van der Waals surface area contributed by atoms with Gasteiger partial charge in [0.05, 0.1) is 11.0 Å². The van der Waals surface area contributed by atoms with Crippen LogP contribution in [0.25, 0.3) is 44.1 Å². The van der Waals surface area contributed by atoms with E-state index in [1.54, 1.807) is 48.5 Å². The van der Waals surface area contributed by atoms with Crippen LogP contribution < -0.4 is 0 Å². The second kappa shape index (κ2) is 7.96. The van der Waals surface area contributed by atoms with Crippen LogP contribution in [0, 0.1) is 0 Å². The Morgan fingerprint density at radius 1 is 0.500 bits per heavy atom. The molecule has 0 radical (unpaired) electrons. The monoisotopic (exact) mass is 492 g/mol. The third-order valence-electron chi connectivity index (χ3n) is 5.53. The fraction of sp³-hybridized carbons (Fsp3) is 0. The minimum absolute atomic E-state index is 0.230. The zero-order valence-electron chi connectivity index (χ0n) is 17.3. The third-order valence-corrected chi connectivity index (χ3v) is 7.36. The van der Waals surface area contributed by atoms with Crippen molar-refractivity contribution in [1.82, 2.24) is 9.97 Å². The number of rotatable bonds is 4. The molecule has 2 N–H and O–H groups in total. The van der Waals surface area contributed by atoms with Gasteiger partial charge in [0, 0.05) is 34.3 Å². The Labute approximate surface area is 195 Å². The highest BCUT2D eigenvalue weighted by Gasteiger charge is 2.21. The molecule has 34 heavy (non-hydrogen) atoms. The molecule has 10 heteroatoms. The van der Waals surface area contributed by atoms with Gasteiger partial charge in [0.2, 0.25) is 0 Å². The standard InChI is InChI=1S/C24H16N2O6S2/c27-33(28,29)21-7-3-1-5-17(21)15-11-13-25-23-19(15)9-10-20-16(12-14-26-24(20)23)18-6-2-4-8-22(18)34(30,31)32/h1-14H,(H,27,28,29)(H,30,31,32). The predicted molar refractivity (Wildman–Crippen MR) is 128 cm³/mol. The maximum atomic E-state index is 11.9. The molecule has 0 saturated carbocycles. The van der Waals surface area contributed by atoms with Crippen molar-refractivity contribution in [3.63, 3.8) is 0 Å². The number of benzene rings is 3. The number of aromatic nitrogens is 2. The Balaban J connectivity index is 1.83. The van der Waals surface area contributed by atoms with Crippen molar-refractivity contribution in [1.29, 1.82) is 0 Å². The Morgan fingerprint density at radius 2 is 0.882 bits per heavy atom. The smallest absolute Gasteiger partial charge is 0.282 e. The predicted octanol–water partition coefficient (Wildman–Crippen LogP) is 4.61. The highest BCUT2D eigenvalue weighted by molar-refractivity contribution is 7.86. The second-order valence-electron chi connectivity index (χ2n) is 7.52. The summed E-state index contributed by atoms with van der Waals surface area (Å²) in [5.74, 6) is 0. The molecule has 2 aromatic heterocycles. The minimum atomic E-state index is -4.47. The number of nitrogens with zero attached hydrogens (tertiary/aromatic N) is 2. The van der Waals surface area contributed by atoms with Crippen LogP contribution in [0.1, 0.15) is 0 Å². The normalized spacial score (nSPS) is 12.3. The summed E-state index contributed by atoms with van der Waals surface area (Å²) in [4.78, 5) is 8.44. The molecular formula is C24H16N2O6S2. The van der Waals surface area contributed by atoms with Crippen LogP contribution in [0.5, 0.6) is 0 Å². The van der Waals surface area contributed by atoms with Gasteiger partial charge in [0.1, 0.15) is 9.79 Å². The van der Waals surface area contributed by atoms with Crippen LogP contribution in [0.4, 0.5) is 0 Å². The number of hydrogen-bond acceptors (Lipinski definition) is 6. The van der Waals surface area contributed by atoms with E-state index in [0.29, 0.717) is 44.1 Å². The van der Waals surface area contributed by atoms with E-state index in [1.165, 1.54) is 36.7 Å². The molecule has 0 unspecified atom stereocenters. The first-order chi connectivity index (χ1) is 16.2. The van der Waals surface area contributed by atoms with E-state index in [1.807, 2.05) is 0 Å². The Kier molecular flexibility index (Phi) is 5.18. The van der Waals surface area contributed by atoms with Crippen LogP contribution in [-0.2, 0) is 20.2 Å². The molecule has 0 bridgehead atoms. The summed E-state index contributed by atoms with van der Waals surface area (Å²) in [5.41, 5.74) is 2.61. The molecule has 0 aliphatic rings. The third kappa shape index (κ3) is 3.72. The van der Waals surface area contributed by atoms with Crippen molar-refractivity contribution in [2.24, 2.45) is 0 Å². The maximum Gasteiger partial charge on any atom is 0.295 e. The zero-order valence-corrected chi connectivity index (χ0v) is 19.0. The molecule has 5 rings (SSSR count). The van der Waals surface area contributed by atoms with E-state index in [9.17, 15) is 25.9 Å². The number of hydrogen-bond donors (Lipinski definition) is 2. The fourth-order valence-corrected chi connectivity index (χ4v) is 5.54. The first-order valence-corrected chi connectivity index (χ1v) is 12.8. The van der Waals surface area contributed by atoms with E-state index < -0.39 is 20.2 Å². The Hall–Kier alpha value is -3.70. The molecule has 8 nitrogen and oxygen atoms in total. The molecule has 0 aliphatic heterocycles. The van der Waals surface area contributed by atoms with Crippen molar-refractivity contribution < 1.29 is 25.9 Å². The lowest BCUT2D eigenvalue weighted by Crippen LogP contribution is -2.01. The largest absolute Gasteiger partial charge is 0.295 e. The molecule has 0 saturated heterocycles. The van der Waals surface area contributed by atoms with E-state index in [4.69, 9.17) is 0 Å². The van der Waals surface area contributed by atoms with Crippen LogP contribution >= 0.6 is 0 Å². The van der Waals surface area contributed by atoms with Gasteiger partial charge in [-0.15, -0.1) is 0 Å². The molecule has 0 fully saturated rings. The summed E-state index contributed by atoms with van der Waals surface area (Å²) in [7, 11) is -8.94. The molecule has 170 valence electrons. The lowest BCUT2D eigenvalue weighted by atomic mass is 9.96. The molecular weight excluding hydrogens is 476 g/mol. The first-order valence-electron chi connectivity index (χ1n) is 9.96. The van der Waals surface area contributed by atoms with Gasteiger partial charge in [0.15, 0.2) is 0 Å². The fourth-order valence-electron chi connectivity index (χ4n) is 4.13. The van der Waals surface area contributed by atoms with Crippen molar-refractivity contribution in [2.75, 3.05) is 0 Å². The first kappa shape index (κ1) is 22.1. The van der Waals surface area contributed by atoms with Gasteiger partial charge in [-0.3, -0.25) is 19.1 Å². The van der Waals surface area contributed by atoms with Crippen LogP contribution in [-0.4, -0.2) is 35.9 Å². The van der Waals surface area contributed by atoms with Crippen LogP contribution in [0.2, 0.25) is 0 Å². The van der Waals surface area contributed by atoms with Crippen molar-refractivity contribution in [3.8, 4) is 22.3 Å². The minimum Gasteiger partial charge on any atom is -0.282 e. The molecule has 0 atom stereocenters. The lowest BCUT2D eigenvalue weighted by Gasteiger charge is -2.13.